The van der Waals surface area contributed by atoms with Crippen molar-refractivity contribution in [1.29, 1.82) is 0 Å². The Morgan fingerprint density at radius 2 is 2.00 bits per heavy atom. The molecule has 1 aromatic rings. The second-order valence-corrected chi connectivity index (χ2v) is 4.10. The topological polar surface area (TPSA) is 45.1 Å². The van der Waals surface area contributed by atoms with E-state index in [2.05, 4.69) is 24.1 Å². The Labute approximate surface area is 97.9 Å². The molecule has 3 nitrogen and oxygen atoms in total. The molecule has 2 unspecified atom stereocenters. The zero-order valence-corrected chi connectivity index (χ0v) is 10.2. The first-order valence-corrected chi connectivity index (χ1v) is 6.09. The number of aromatic nitrogens is 1. The lowest BCUT2D eigenvalue weighted by Gasteiger charge is -2.19. The molecule has 0 saturated heterocycles. The van der Waals surface area contributed by atoms with Crippen molar-refractivity contribution >= 4 is 0 Å². The van der Waals surface area contributed by atoms with Crippen molar-refractivity contribution in [1.82, 2.24) is 10.3 Å². The van der Waals surface area contributed by atoms with Gasteiger partial charge in [0.1, 0.15) is 0 Å². The Morgan fingerprint density at radius 1 is 1.31 bits per heavy atom. The van der Waals surface area contributed by atoms with Crippen LogP contribution in [0.2, 0.25) is 0 Å². The molecule has 0 aliphatic carbocycles. The van der Waals surface area contributed by atoms with Crippen molar-refractivity contribution in [2.75, 3.05) is 6.54 Å². The van der Waals surface area contributed by atoms with Crippen molar-refractivity contribution in [2.45, 2.75) is 45.3 Å². The molecule has 16 heavy (non-hydrogen) atoms. The Morgan fingerprint density at radius 3 is 2.56 bits per heavy atom. The summed E-state index contributed by atoms with van der Waals surface area (Å²) in [6, 6.07) is 4.22. The van der Waals surface area contributed by atoms with Crippen molar-refractivity contribution in [3.8, 4) is 0 Å². The second kappa shape index (κ2) is 7.36. The first-order valence-electron chi connectivity index (χ1n) is 6.09. The molecule has 0 aromatic carbocycles. The highest BCUT2D eigenvalue weighted by Crippen LogP contribution is 2.11. The molecule has 90 valence electrons. The third-order valence-electron chi connectivity index (χ3n) is 2.82. The van der Waals surface area contributed by atoms with Gasteiger partial charge in [0, 0.05) is 25.0 Å². The van der Waals surface area contributed by atoms with Crippen molar-refractivity contribution < 1.29 is 5.11 Å². The minimum absolute atomic E-state index is 0.436. The van der Waals surface area contributed by atoms with Gasteiger partial charge in [-0.1, -0.05) is 20.3 Å². The van der Waals surface area contributed by atoms with Crippen LogP contribution in [0.1, 0.15) is 44.8 Å². The summed E-state index contributed by atoms with van der Waals surface area (Å²) in [7, 11) is 0. The van der Waals surface area contributed by atoms with E-state index in [0.717, 1.165) is 12.0 Å². The molecule has 0 aliphatic rings. The molecular weight excluding hydrogens is 200 g/mol. The van der Waals surface area contributed by atoms with E-state index < -0.39 is 6.10 Å². The summed E-state index contributed by atoms with van der Waals surface area (Å²) in [5.41, 5.74) is 0.925. The van der Waals surface area contributed by atoms with E-state index in [9.17, 15) is 5.11 Å². The van der Waals surface area contributed by atoms with Crippen LogP contribution in [0.4, 0.5) is 0 Å². The first-order chi connectivity index (χ1) is 7.77. The van der Waals surface area contributed by atoms with Crippen LogP contribution in [0.5, 0.6) is 0 Å². The fourth-order valence-corrected chi connectivity index (χ4v) is 1.78. The summed E-state index contributed by atoms with van der Waals surface area (Å²) < 4.78 is 0. The van der Waals surface area contributed by atoms with E-state index in [0.29, 0.717) is 12.6 Å². The van der Waals surface area contributed by atoms with Gasteiger partial charge in [-0.05, 0) is 30.5 Å². The van der Waals surface area contributed by atoms with E-state index in [-0.39, 0.29) is 0 Å². The number of aliphatic hydroxyl groups is 1. The van der Waals surface area contributed by atoms with E-state index in [1.807, 2.05) is 12.1 Å². The van der Waals surface area contributed by atoms with Gasteiger partial charge in [-0.15, -0.1) is 0 Å². The van der Waals surface area contributed by atoms with Crippen molar-refractivity contribution in [2.24, 2.45) is 0 Å². The first kappa shape index (κ1) is 13.1. The van der Waals surface area contributed by atoms with Gasteiger partial charge in [0.15, 0.2) is 0 Å². The highest BCUT2D eigenvalue weighted by molar-refractivity contribution is 5.13. The van der Waals surface area contributed by atoms with Crippen LogP contribution in [0.15, 0.2) is 24.5 Å². The summed E-state index contributed by atoms with van der Waals surface area (Å²) >= 11 is 0. The van der Waals surface area contributed by atoms with Gasteiger partial charge in [-0.25, -0.2) is 0 Å². The van der Waals surface area contributed by atoms with Crippen LogP contribution in [0, 0.1) is 0 Å². The number of nitrogens with zero attached hydrogens (tertiary/aromatic N) is 1. The maximum atomic E-state index is 9.94. The lowest BCUT2D eigenvalue weighted by atomic mass is 10.1. The molecule has 0 saturated carbocycles. The Hall–Kier alpha value is -0.930. The van der Waals surface area contributed by atoms with E-state index in [1.54, 1.807) is 12.4 Å². The highest BCUT2D eigenvalue weighted by Gasteiger charge is 2.09. The molecule has 2 atom stereocenters. The van der Waals surface area contributed by atoms with Crippen LogP contribution in [0.3, 0.4) is 0 Å². The molecule has 0 aliphatic heterocycles. The minimum Gasteiger partial charge on any atom is -0.387 e. The number of hydrogen-bond donors (Lipinski definition) is 2. The second-order valence-electron chi connectivity index (χ2n) is 4.10. The van der Waals surface area contributed by atoms with Crippen molar-refractivity contribution in [3.05, 3.63) is 30.1 Å². The number of pyridine rings is 1. The van der Waals surface area contributed by atoms with Gasteiger partial charge in [0.25, 0.3) is 0 Å². The van der Waals surface area contributed by atoms with Gasteiger partial charge >= 0.3 is 0 Å². The summed E-state index contributed by atoms with van der Waals surface area (Å²) in [6.45, 7) is 4.97. The summed E-state index contributed by atoms with van der Waals surface area (Å²) in [5.74, 6) is 0. The van der Waals surface area contributed by atoms with E-state index >= 15 is 0 Å². The molecule has 1 rings (SSSR count). The Balaban J connectivity index is 2.37. The monoisotopic (exact) mass is 222 g/mol. The molecule has 0 bridgehead atoms. The van der Waals surface area contributed by atoms with Gasteiger partial charge in [-0.3, -0.25) is 4.98 Å². The summed E-state index contributed by atoms with van der Waals surface area (Å²) in [4.78, 5) is 3.94. The van der Waals surface area contributed by atoms with Crippen molar-refractivity contribution in [3.63, 3.8) is 0 Å². The molecule has 2 N–H and O–H groups in total. The van der Waals surface area contributed by atoms with E-state index in [1.165, 1.54) is 12.8 Å². The average Bonchev–Trinajstić information content (AvgIpc) is 2.35. The number of aliphatic hydroxyl groups excluding tert-OH is 1. The smallest absolute Gasteiger partial charge is 0.0915 e. The lowest BCUT2D eigenvalue weighted by Crippen LogP contribution is -2.32. The predicted octanol–water partition coefficient (Wildman–Crippen LogP) is 2.28. The van der Waals surface area contributed by atoms with Crippen LogP contribution in [0.25, 0.3) is 0 Å². The SMILES string of the molecule is CCCC(CC)NCC(O)c1ccncc1. The van der Waals surface area contributed by atoms with Crippen LogP contribution >= 0.6 is 0 Å². The van der Waals surface area contributed by atoms with Gasteiger partial charge in [-0.2, -0.15) is 0 Å². The third-order valence-corrected chi connectivity index (χ3v) is 2.82. The molecule has 0 radical (unpaired) electrons. The largest absolute Gasteiger partial charge is 0.387 e. The fraction of sp³-hybridized carbons (Fsp3) is 0.615. The molecule has 1 heterocycles. The van der Waals surface area contributed by atoms with Crippen LogP contribution < -0.4 is 5.32 Å². The quantitative estimate of drug-likeness (QED) is 0.744. The molecule has 0 amide bonds. The number of nitrogens with one attached hydrogen (secondary N) is 1. The third kappa shape index (κ3) is 4.29. The molecule has 0 spiro atoms. The van der Waals surface area contributed by atoms with E-state index in [4.69, 9.17) is 0 Å². The summed E-state index contributed by atoms with van der Waals surface area (Å²) in [5, 5.41) is 13.3. The standard InChI is InChI=1S/C13H22N2O/c1-3-5-12(4-2)15-10-13(16)11-6-8-14-9-7-11/h6-9,12-13,15-16H,3-5,10H2,1-2H3. The predicted molar refractivity (Wildman–Crippen MR) is 66.2 cm³/mol. The van der Waals surface area contributed by atoms with Gasteiger partial charge in [0.2, 0.25) is 0 Å². The van der Waals surface area contributed by atoms with Gasteiger partial charge in [0.05, 0.1) is 6.10 Å². The maximum Gasteiger partial charge on any atom is 0.0915 e. The molecule has 1 aromatic heterocycles. The van der Waals surface area contributed by atoms with Gasteiger partial charge < -0.3 is 10.4 Å². The molecule has 3 heteroatoms. The molecular formula is C13H22N2O. The summed E-state index contributed by atoms with van der Waals surface area (Å²) in [6.07, 6.45) is 6.44. The molecule has 0 fully saturated rings. The fourth-order valence-electron chi connectivity index (χ4n) is 1.78. The lowest BCUT2D eigenvalue weighted by molar-refractivity contribution is 0.168. The zero-order valence-electron chi connectivity index (χ0n) is 10.2. The average molecular weight is 222 g/mol. The zero-order chi connectivity index (χ0) is 11.8. The van der Waals surface area contributed by atoms with Crippen LogP contribution in [-0.2, 0) is 0 Å². The normalized spacial score (nSPS) is 14.7. The number of rotatable bonds is 7. The van der Waals surface area contributed by atoms with Crippen LogP contribution in [-0.4, -0.2) is 22.7 Å². The minimum atomic E-state index is -0.436. The highest BCUT2D eigenvalue weighted by atomic mass is 16.3. The number of hydrogen-bond acceptors (Lipinski definition) is 3. The Kier molecular flexibility index (Phi) is 6.04. The maximum absolute atomic E-state index is 9.94. The Bertz CT molecular complexity index is 277.